The highest BCUT2D eigenvalue weighted by molar-refractivity contribution is 8.00. The Hall–Kier alpha value is -2.38. The number of aromatic nitrogens is 3. The Morgan fingerprint density at radius 1 is 1.23 bits per heavy atom. The van der Waals surface area contributed by atoms with Crippen molar-refractivity contribution in [3.05, 3.63) is 65.2 Å². The van der Waals surface area contributed by atoms with Crippen molar-refractivity contribution >= 4 is 35.0 Å². The van der Waals surface area contributed by atoms with Gasteiger partial charge in [-0.15, -0.1) is 10.2 Å². The Balaban J connectivity index is 1.75. The topological polar surface area (TPSA) is 59.8 Å². The van der Waals surface area contributed by atoms with Crippen LogP contribution in [0.2, 0.25) is 5.02 Å². The van der Waals surface area contributed by atoms with Gasteiger partial charge in [-0.3, -0.25) is 9.36 Å². The molecule has 0 saturated carbocycles. The molecule has 134 valence electrons. The van der Waals surface area contributed by atoms with E-state index in [9.17, 15) is 9.18 Å². The predicted molar refractivity (Wildman–Crippen MR) is 101 cm³/mol. The molecule has 1 N–H and O–H groups in total. The van der Waals surface area contributed by atoms with Crippen molar-refractivity contribution in [1.29, 1.82) is 0 Å². The van der Waals surface area contributed by atoms with Gasteiger partial charge in [-0.1, -0.05) is 41.6 Å². The standard InChI is InChI=1S/C18H16ClFN4OS/c1-11(17(25)21-13-8-9-16(20)15(19)10-13)26-18-23-22-12(2)24(18)14-6-4-3-5-7-14/h3-11H,1-2H3,(H,21,25)/t11-/m1/s1. The van der Waals surface area contributed by atoms with Crippen LogP contribution in [0.1, 0.15) is 12.7 Å². The molecule has 3 aromatic rings. The first-order valence-electron chi connectivity index (χ1n) is 7.85. The molecule has 1 heterocycles. The number of rotatable bonds is 5. The minimum atomic E-state index is -0.529. The average Bonchev–Trinajstić information content (AvgIpc) is 2.99. The number of anilines is 1. The number of aryl methyl sites for hydroxylation is 1. The van der Waals surface area contributed by atoms with Gasteiger partial charge in [0, 0.05) is 11.4 Å². The molecular formula is C18H16ClFN4OS. The summed E-state index contributed by atoms with van der Waals surface area (Å²) >= 11 is 7.04. The number of halogens is 2. The van der Waals surface area contributed by atoms with Crippen LogP contribution in [-0.2, 0) is 4.79 Å². The molecule has 2 aromatic carbocycles. The summed E-state index contributed by atoms with van der Waals surface area (Å²) in [5.41, 5.74) is 1.37. The number of hydrogen-bond acceptors (Lipinski definition) is 4. The summed E-state index contributed by atoms with van der Waals surface area (Å²) in [4.78, 5) is 12.4. The van der Waals surface area contributed by atoms with Crippen molar-refractivity contribution in [2.45, 2.75) is 24.3 Å². The van der Waals surface area contributed by atoms with Gasteiger partial charge in [0.05, 0.1) is 10.3 Å². The van der Waals surface area contributed by atoms with Gasteiger partial charge in [-0.25, -0.2) is 4.39 Å². The van der Waals surface area contributed by atoms with Crippen molar-refractivity contribution in [3.63, 3.8) is 0 Å². The number of carbonyl (C=O) groups excluding carboxylic acids is 1. The molecule has 3 rings (SSSR count). The van der Waals surface area contributed by atoms with Crippen LogP contribution in [0, 0.1) is 12.7 Å². The van der Waals surface area contributed by atoms with E-state index in [1.807, 2.05) is 41.8 Å². The van der Waals surface area contributed by atoms with Crippen molar-refractivity contribution in [2.75, 3.05) is 5.32 Å². The van der Waals surface area contributed by atoms with E-state index >= 15 is 0 Å². The number of para-hydroxylation sites is 1. The lowest BCUT2D eigenvalue weighted by atomic mass is 10.3. The van der Waals surface area contributed by atoms with Gasteiger partial charge in [0.15, 0.2) is 5.16 Å². The van der Waals surface area contributed by atoms with Gasteiger partial charge in [-0.2, -0.15) is 0 Å². The third-order valence-electron chi connectivity index (χ3n) is 3.65. The predicted octanol–water partition coefficient (Wildman–Crippen LogP) is 4.49. The molecular weight excluding hydrogens is 375 g/mol. The van der Waals surface area contributed by atoms with Gasteiger partial charge in [0.1, 0.15) is 11.6 Å². The molecule has 0 radical (unpaired) electrons. The van der Waals surface area contributed by atoms with Crippen LogP contribution in [0.25, 0.3) is 5.69 Å². The number of carbonyl (C=O) groups is 1. The molecule has 1 amide bonds. The molecule has 0 aliphatic rings. The minimum absolute atomic E-state index is 0.0393. The number of amides is 1. The number of thioether (sulfide) groups is 1. The fraction of sp³-hybridized carbons (Fsp3) is 0.167. The average molecular weight is 391 g/mol. The largest absolute Gasteiger partial charge is 0.325 e. The summed E-state index contributed by atoms with van der Waals surface area (Å²) in [5, 5.41) is 11.2. The maximum atomic E-state index is 13.2. The van der Waals surface area contributed by atoms with Crippen LogP contribution in [0.4, 0.5) is 10.1 Å². The fourth-order valence-corrected chi connectivity index (χ4v) is 3.42. The first-order chi connectivity index (χ1) is 12.5. The summed E-state index contributed by atoms with van der Waals surface area (Å²) in [7, 11) is 0. The highest BCUT2D eigenvalue weighted by Gasteiger charge is 2.20. The van der Waals surface area contributed by atoms with E-state index in [0.717, 1.165) is 11.5 Å². The smallest absolute Gasteiger partial charge is 0.237 e. The monoisotopic (exact) mass is 390 g/mol. The number of hydrogen-bond donors (Lipinski definition) is 1. The van der Waals surface area contributed by atoms with Gasteiger partial charge < -0.3 is 5.32 Å². The van der Waals surface area contributed by atoms with Crippen LogP contribution in [0.3, 0.4) is 0 Å². The van der Waals surface area contributed by atoms with E-state index in [0.29, 0.717) is 10.8 Å². The summed E-state index contributed by atoms with van der Waals surface area (Å²) in [6.45, 7) is 3.62. The first kappa shape index (κ1) is 18.4. The quantitative estimate of drug-likeness (QED) is 0.652. The SMILES string of the molecule is Cc1nnc(S[C@H](C)C(=O)Nc2ccc(F)c(Cl)c2)n1-c1ccccc1. The summed E-state index contributed by atoms with van der Waals surface area (Å²) in [6, 6.07) is 13.7. The molecule has 1 atom stereocenters. The number of nitrogens with one attached hydrogen (secondary N) is 1. The molecule has 1 aromatic heterocycles. The van der Waals surface area contributed by atoms with Gasteiger partial charge in [0.25, 0.3) is 0 Å². The Bertz CT molecular complexity index is 932. The molecule has 0 aliphatic heterocycles. The summed E-state index contributed by atoms with van der Waals surface area (Å²) < 4.78 is 15.1. The Kier molecular flexibility index (Phi) is 5.58. The van der Waals surface area contributed by atoms with Crippen LogP contribution in [-0.4, -0.2) is 25.9 Å². The zero-order chi connectivity index (χ0) is 18.7. The normalized spacial score (nSPS) is 12.0. The molecule has 0 spiro atoms. The third kappa shape index (κ3) is 4.05. The lowest BCUT2D eigenvalue weighted by Crippen LogP contribution is -2.23. The fourth-order valence-electron chi connectivity index (χ4n) is 2.32. The molecule has 0 bridgehead atoms. The van der Waals surface area contributed by atoms with E-state index in [-0.39, 0.29) is 10.9 Å². The molecule has 5 nitrogen and oxygen atoms in total. The van der Waals surface area contributed by atoms with Crippen LogP contribution in [0.5, 0.6) is 0 Å². The zero-order valence-electron chi connectivity index (χ0n) is 14.1. The molecule has 0 saturated heterocycles. The van der Waals surface area contributed by atoms with Gasteiger partial charge in [0.2, 0.25) is 5.91 Å². The molecule has 26 heavy (non-hydrogen) atoms. The van der Waals surface area contributed by atoms with Gasteiger partial charge in [-0.05, 0) is 44.2 Å². The van der Waals surface area contributed by atoms with Crippen LogP contribution in [0.15, 0.2) is 53.7 Å². The number of benzene rings is 2. The first-order valence-corrected chi connectivity index (χ1v) is 9.11. The second-order valence-electron chi connectivity index (χ2n) is 5.58. The van der Waals surface area contributed by atoms with Crippen LogP contribution < -0.4 is 5.32 Å². The van der Waals surface area contributed by atoms with Crippen molar-refractivity contribution in [3.8, 4) is 5.69 Å². The highest BCUT2D eigenvalue weighted by atomic mass is 35.5. The Morgan fingerprint density at radius 3 is 2.65 bits per heavy atom. The van der Waals surface area contributed by atoms with Crippen molar-refractivity contribution in [1.82, 2.24) is 14.8 Å². The summed E-state index contributed by atoms with van der Waals surface area (Å²) in [5.74, 6) is -0.0342. The van der Waals surface area contributed by atoms with Gasteiger partial charge >= 0.3 is 0 Å². The maximum Gasteiger partial charge on any atom is 0.237 e. The lowest BCUT2D eigenvalue weighted by Gasteiger charge is -2.13. The molecule has 8 heteroatoms. The number of nitrogens with zero attached hydrogens (tertiary/aromatic N) is 3. The molecule has 0 fully saturated rings. The Morgan fingerprint density at radius 2 is 1.96 bits per heavy atom. The third-order valence-corrected chi connectivity index (χ3v) is 4.98. The molecule has 0 unspecified atom stereocenters. The van der Waals surface area contributed by atoms with E-state index in [4.69, 9.17) is 11.6 Å². The maximum absolute atomic E-state index is 13.2. The summed E-state index contributed by atoms with van der Waals surface area (Å²) in [6.07, 6.45) is 0. The van der Waals surface area contributed by atoms with Crippen molar-refractivity contribution in [2.24, 2.45) is 0 Å². The Labute approximate surface area is 159 Å². The highest BCUT2D eigenvalue weighted by Crippen LogP contribution is 2.27. The second kappa shape index (κ2) is 7.88. The second-order valence-corrected chi connectivity index (χ2v) is 7.29. The lowest BCUT2D eigenvalue weighted by molar-refractivity contribution is -0.115. The van der Waals surface area contributed by atoms with Crippen LogP contribution >= 0.6 is 23.4 Å². The van der Waals surface area contributed by atoms with E-state index in [2.05, 4.69) is 15.5 Å². The molecule has 0 aliphatic carbocycles. The van der Waals surface area contributed by atoms with E-state index in [1.165, 1.54) is 30.0 Å². The van der Waals surface area contributed by atoms with Crippen molar-refractivity contribution < 1.29 is 9.18 Å². The van der Waals surface area contributed by atoms with E-state index in [1.54, 1.807) is 6.92 Å². The minimum Gasteiger partial charge on any atom is -0.325 e. The van der Waals surface area contributed by atoms with E-state index < -0.39 is 11.1 Å². The zero-order valence-corrected chi connectivity index (χ0v) is 15.7.